The molecule has 0 radical (unpaired) electrons. The Labute approximate surface area is 114 Å². The van der Waals surface area contributed by atoms with Crippen LogP contribution in [0.5, 0.6) is 0 Å². The number of fused-ring (bicyclic) bond motifs is 1. The van der Waals surface area contributed by atoms with Gasteiger partial charge in [0.15, 0.2) is 5.78 Å². The number of hydrogen-bond donors (Lipinski definition) is 1. The molecule has 0 atom stereocenters. The second-order valence-electron chi connectivity index (χ2n) is 5.77. The van der Waals surface area contributed by atoms with Gasteiger partial charge in [-0.15, -0.1) is 0 Å². The van der Waals surface area contributed by atoms with E-state index in [9.17, 15) is 9.90 Å². The third-order valence-corrected chi connectivity index (χ3v) is 4.34. The summed E-state index contributed by atoms with van der Waals surface area (Å²) in [6.07, 6.45) is 4.90. The number of hydrogen-bond acceptors (Lipinski definition) is 3. The minimum absolute atomic E-state index is 0.175. The first-order chi connectivity index (χ1) is 9.22. The third kappa shape index (κ3) is 2.88. The fraction of sp³-hybridized carbons (Fsp3) is 0.562. The van der Waals surface area contributed by atoms with E-state index >= 15 is 0 Å². The number of rotatable bonds is 3. The molecule has 1 N–H and O–H groups in total. The molecule has 0 saturated carbocycles. The summed E-state index contributed by atoms with van der Waals surface area (Å²) in [5.74, 6) is 0.214. The van der Waals surface area contributed by atoms with E-state index in [2.05, 4.69) is 17.0 Å². The molecule has 0 spiro atoms. The van der Waals surface area contributed by atoms with Crippen molar-refractivity contribution in [1.82, 2.24) is 4.90 Å². The highest BCUT2D eigenvalue weighted by Gasteiger charge is 2.20. The van der Waals surface area contributed by atoms with Gasteiger partial charge in [-0.05, 0) is 49.3 Å². The fourth-order valence-electron chi connectivity index (χ4n) is 3.12. The minimum Gasteiger partial charge on any atom is -0.393 e. The SMILES string of the molecule is O=C(CN1CCC(O)CC1)c1ccc2c(c1)CCC2. The van der Waals surface area contributed by atoms with E-state index in [1.54, 1.807) is 0 Å². The third-order valence-electron chi connectivity index (χ3n) is 4.34. The molecule has 3 heteroatoms. The number of aliphatic hydroxyl groups is 1. The Morgan fingerprint density at radius 3 is 2.74 bits per heavy atom. The average molecular weight is 259 g/mol. The van der Waals surface area contributed by atoms with Gasteiger partial charge in [-0.2, -0.15) is 0 Å². The lowest BCUT2D eigenvalue weighted by Crippen LogP contribution is -2.39. The van der Waals surface area contributed by atoms with Gasteiger partial charge in [0.2, 0.25) is 0 Å². The van der Waals surface area contributed by atoms with Crippen molar-refractivity contribution in [1.29, 1.82) is 0 Å². The van der Waals surface area contributed by atoms with Crippen molar-refractivity contribution in [3.8, 4) is 0 Å². The zero-order chi connectivity index (χ0) is 13.2. The lowest BCUT2D eigenvalue weighted by Gasteiger charge is -2.28. The normalized spacial score (nSPS) is 20.5. The number of carbonyl (C=O) groups is 1. The zero-order valence-corrected chi connectivity index (χ0v) is 11.3. The molecule has 0 aromatic heterocycles. The molecule has 1 fully saturated rings. The van der Waals surface area contributed by atoms with E-state index in [1.165, 1.54) is 17.5 Å². The Morgan fingerprint density at radius 1 is 1.21 bits per heavy atom. The maximum absolute atomic E-state index is 12.3. The first-order valence-electron chi connectivity index (χ1n) is 7.28. The second kappa shape index (κ2) is 5.43. The zero-order valence-electron chi connectivity index (χ0n) is 11.3. The number of piperidine rings is 1. The van der Waals surface area contributed by atoms with Crippen LogP contribution in [0.4, 0.5) is 0 Å². The van der Waals surface area contributed by atoms with Crippen molar-refractivity contribution < 1.29 is 9.90 Å². The van der Waals surface area contributed by atoms with Crippen molar-refractivity contribution in [3.05, 3.63) is 34.9 Å². The van der Waals surface area contributed by atoms with Gasteiger partial charge in [-0.25, -0.2) is 0 Å². The van der Waals surface area contributed by atoms with E-state index < -0.39 is 0 Å². The number of Topliss-reactive ketones (excluding diaryl/α,β-unsaturated/α-hetero) is 1. The molecule has 1 aliphatic carbocycles. The van der Waals surface area contributed by atoms with Crippen molar-refractivity contribution >= 4 is 5.78 Å². The van der Waals surface area contributed by atoms with Crippen LogP contribution in [0.15, 0.2) is 18.2 Å². The maximum Gasteiger partial charge on any atom is 0.176 e. The van der Waals surface area contributed by atoms with Crippen LogP contribution in [-0.4, -0.2) is 41.5 Å². The van der Waals surface area contributed by atoms with Crippen LogP contribution in [-0.2, 0) is 12.8 Å². The van der Waals surface area contributed by atoms with Gasteiger partial charge < -0.3 is 5.11 Å². The first-order valence-corrected chi connectivity index (χ1v) is 7.28. The van der Waals surface area contributed by atoms with E-state index in [0.717, 1.165) is 44.3 Å². The predicted octanol–water partition coefficient (Wildman–Crippen LogP) is 1.81. The van der Waals surface area contributed by atoms with Crippen molar-refractivity contribution in [2.45, 2.75) is 38.2 Å². The predicted molar refractivity (Wildman–Crippen MR) is 74.5 cm³/mol. The van der Waals surface area contributed by atoms with Gasteiger partial charge >= 0.3 is 0 Å². The van der Waals surface area contributed by atoms with E-state index in [4.69, 9.17) is 0 Å². The highest BCUT2D eigenvalue weighted by molar-refractivity contribution is 5.97. The summed E-state index contributed by atoms with van der Waals surface area (Å²) in [5, 5.41) is 9.47. The van der Waals surface area contributed by atoms with Gasteiger partial charge in [-0.1, -0.05) is 12.1 Å². The molecule has 2 aliphatic rings. The van der Waals surface area contributed by atoms with Gasteiger partial charge in [0.1, 0.15) is 0 Å². The van der Waals surface area contributed by atoms with Crippen LogP contribution >= 0.6 is 0 Å². The largest absolute Gasteiger partial charge is 0.393 e. The summed E-state index contributed by atoms with van der Waals surface area (Å²) >= 11 is 0. The Bertz CT molecular complexity index is 476. The van der Waals surface area contributed by atoms with Crippen molar-refractivity contribution in [2.75, 3.05) is 19.6 Å². The molecule has 3 rings (SSSR count). The summed E-state index contributed by atoms with van der Waals surface area (Å²) in [6, 6.07) is 6.18. The van der Waals surface area contributed by atoms with Gasteiger partial charge in [0, 0.05) is 18.7 Å². The minimum atomic E-state index is -0.175. The highest BCUT2D eigenvalue weighted by Crippen LogP contribution is 2.23. The second-order valence-corrected chi connectivity index (χ2v) is 5.77. The Hall–Kier alpha value is -1.19. The van der Waals surface area contributed by atoms with Gasteiger partial charge in [0.05, 0.1) is 12.6 Å². The number of nitrogens with zero attached hydrogens (tertiary/aromatic N) is 1. The molecular weight excluding hydrogens is 238 g/mol. The number of likely N-dealkylation sites (tertiary alicyclic amines) is 1. The Morgan fingerprint density at radius 2 is 1.95 bits per heavy atom. The number of carbonyl (C=O) groups excluding carboxylic acids is 1. The van der Waals surface area contributed by atoms with Crippen LogP contribution in [0.25, 0.3) is 0 Å². The lowest BCUT2D eigenvalue weighted by atomic mass is 10.0. The molecule has 1 saturated heterocycles. The first kappa shape index (κ1) is 12.8. The van der Waals surface area contributed by atoms with Gasteiger partial charge in [-0.3, -0.25) is 9.69 Å². The lowest BCUT2D eigenvalue weighted by molar-refractivity contribution is 0.0711. The molecular formula is C16H21NO2. The fourth-order valence-corrected chi connectivity index (χ4v) is 3.12. The van der Waals surface area contributed by atoms with E-state index in [0.29, 0.717) is 6.54 Å². The number of ketones is 1. The maximum atomic E-state index is 12.3. The summed E-state index contributed by atoms with van der Waals surface area (Å²) < 4.78 is 0. The van der Waals surface area contributed by atoms with Crippen molar-refractivity contribution in [2.24, 2.45) is 0 Å². The number of aliphatic hydroxyl groups excluding tert-OH is 1. The van der Waals surface area contributed by atoms with E-state index in [-0.39, 0.29) is 11.9 Å². The molecule has 1 aromatic rings. The Balaban J connectivity index is 1.64. The molecule has 1 aromatic carbocycles. The molecule has 1 heterocycles. The van der Waals surface area contributed by atoms with Crippen molar-refractivity contribution in [3.63, 3.8) is 0 Å². The molecule has 3 nitrogen and oxygen atoms in total. The standard InChI is InChI=1S/C16H21NO2/c18-15-6-8-17(9-7-15)11-16(19)14-5-4-12-2-1-3-13(12)10-14/h4-5,10,15,18H,1-3,6-9,11H2. The van der Waals surface area contributed by atoms with Crippen LogP contribution < -0.4 is 0 Å². The number of aryl methyl sites for hydroxylation is 2. The molecule has 102 valence electrons. The summed E-state index contributed by atoms with van der Waals surface area (Å²) in [4.78, 5) is 14.4. The quantitative estimate of drug-likeness (QED) is 0.842. The smallest absolute Gasteiger partial charge is 0.176 e. The van der Waals surface area contributed by atoms with E-state index in [1.807, 2.05) is 6.07 Å². The summed E-state index contributed by atoms with van der Waals surface area (Å²) in [6.45, 7) is 2.15. The van der Waals surface area contributed by atoms with Crippen LogP contribution in [0.3, 0.4) is 0 Å². The monoisotopic (exact) mass is 259 g/mol. The molecule has 0 unspecified atom stereocenters. The molecule has 1 aliphatic heterocycles. The molecule has 0 bridgehead atoms. The average Bonchev–Trinajstić information content (AvgIpc) is 2.88. The van der Waals surface area contributed by atoms with Crippen LogP contribution in [0, 0.1) is 0 Å². The summed E-state index contributed by atoms with van der Waals surface area (Å²) in [5.41, 5.74) is 3.63. The van der Waals surface area contributed by atoms with Crippen LogP contribution in [0.2, 0.25) is 0 Å². The Kier molecular flexibility index (Phi) is 3.67. The topological polar surface area (TPSA) is 40.5 Å². The highest BCUT2D eigenvalue weighted by atomic mass is 16.3. The number of benzene rings is 1. The van der Waals surface area contributed by atoms with Crippen LogP contribution in [0.1, 0.15) is 40.7 Å². The molecule has 0 amide bonds. The molecule has 19 heavy (non-hydrogen) atoms. The summed E-state index contributed by atoms with van der Waals surface area (Å²) in [7, 11) is 0. The van der Waals surface area contributed by atoms with Gasteiger partial charge in [0.25, 0.3) is 0 Å².